The highest BCUT2D eigenvalue weighted by Crippen LogP contribution is 2.26. The Kier molecular flexibility index (Phi) is 2.93. The molecule has 0 aliphatic carbocycles. The number of β-lactam (4-membered cyclic amide) rings is 1. The largest absolute Gasteiger partial charge is 0.457 e. The fraction of sp³-hybridized carbons (Fsp3) is 0.133. The first kappa shape index (κ1) is 11.7. The summed E-state index contributed by atoms with van der Waals surface area (Å²) in [6.45, 7) is 0.581. The van der Waals surface area contributed by atoms with Gasteiger partial charge in [-0.05, 0) is 36.4 Å². The molecule has 3 rings (SSSR count). The first-order chi connectivity index (χ1) is 9.24. The fourth-order valence-corrected chi connectivity index (χ4v) is 2.00. The van der Waals surface area contributed by atoms with Gasteiger partial charge in [0.25, 0.3) is 0 Å². The molecule has 0 aromatic heterocycles. The van der Waals surface area contributed by atoms with Crippen molar-refractivity contribution in [3.8, 4) is 11.5 Å². The topological polar surface area (TPSA) is 55.6 Å². The number of carbonyl (C=O) groups excluding carboxylic acids is 1. The molecule has 0 bridgehead atoms. The van der Waals surface area contributed by atoms with E-state index in [1.165, 1.54) is 0 Å². The van der Waals surface area contributed by atoms with E-state index in [1.54, 1.807) is 4.90 Å². The molecular formula is C15H14N2O2. The van der Waals surface area contributed by atoms with E-state index in [9.17, 15) is 4.79 Å². The average molecular weight is 254 g/mol. The monoisotopic (exact) mass is 254 g/mol. The minimum atomic E-state index is -0.347. The molecule has 0 spiro atoms. The summed E-state index contributed by atoms with van der Waals surface area (Å²) in [5, 5.41) is 0. The number of ether oxygens (including phenoxy) is 1. The number of rotatable bonds is 3. The second-order valence-corrected chi connectivity index (χ2v) is 4.46. The molecule has 1 atom stereocenters. The molecule has 96 valence electrons. The molecule has 1 saturated heterocycles. The molecule has 2 N–H and O–H groups in total. The van der Waals surface area contributed by atoms with Gasteiger partial charge in [-0.1, -0.05) is 18.2 Å². The first-order valence-corrected chi connectivity index (χ1v) is 6.14. The van der Waals surface area contributed by atoms with Gasteiger partial charge in [0, 0.05) is 5.69 Å². The van der Waals surface area contributed by atoms with Crippen LogP contribution in [0, 0.1) is 0 Å². The lowest BCUT2D eigenvalue weighted by Crippen LogP contribution is -2.61. The van der Waals surface area contributed by atoms with Gasteiger partial charge >= 0.3 is 0 Å². The summed E-state index contributed by atoms with van der Waals surface area (Å²) in [5.74, 6) is 1.50. The number of amides is 1. The van der Waals surface area contributed by atoms with Gasteiger partial charge in [0.05, 0.1) is 6.54 Å². The minimum absolute atomic E-state index is 0.0308. The molecule has 0 radical (unpaired) electrons. The zero-order valence-corrected chi connectivity index (χ0v) is 10.3. The van der Waals surface area contributed by atoms with Crippen molar-refractivity contribution < 1.29 is 9.53 Å². The maximum Gasteiger partial charge on any atom is 0.245 e. The second-order valence-electron chi connectivity index (χ2n) is 4.46. The number of nitrogens with two attached hydrogens (primary N) is 1. The van der Waals surface area contributed by atoms with Crippen LogP contribution in [-0.2, 0) is 4.79 Å². The Balaban J connectivity index is 1.71. The van der Waals surface area contributed by atoms with Gasteiger partial charge in [0.2, 0.25) is 5.91 Å². The number of hydrogen-bond acceptors (Lipinski definition) is 3. The predicted molar refractivity (Wildman–Crippen MR) is 73.3 cm³/mol. The Bertz CT molecular complexity index is 581. The van der Waals surface area contributed by atoms with Crippen molar-refractivity contribution in [2.24, 2.45) is 5.73 Å². The van der Waals surface area contributed by atoms with Crippen LogP contribution in [0.3, 0.4) is 0 Å². The standard InChI is InChI=1S/C15H14N2O2/c16-14-10-17(15(14)18)11-6-8-13(9-7-11)19-12-4-2-1-3-5-12/h1-9,14H,10,16H2. The normalized spacial score (nSPS) is 18.1. The Morgan fingerprint density at radius 1 is 1.00 bits per heavy atom. The zero-order valence-electron chi connectivity index (χ0n) is 10.3. The highest BCUT2D eigenvalue weighted by Gasteiger charge is 2.34. The van der Waals surface area contributed by atoms with E-state index in [0.29, 0.717) is 6.54 Å². The predicted octanol–water partition coefficient (Wildman–Crippen LogP) is 2.15. The molecule has 2 aromatic carbocycles. The van der Waals surface area contributed by atoms with Crippen LogP contribution in [0.1, 0.15) is 0 Å². The lowest BCUT2D eigenvalue weighted by Gasteiger charge is -2.36. The average Bonchev–Trinajstić information content (AvgIpc) is 2.46. The van der Waals surface area contributed by atoms with E-state index in [2.05, 4.69) is 0 Å². The third-order valence-corrected chi connectivity index (χ3v) is 3.09. The van der Waals surface area contributed by atoms with Crippen molar-refractivity contribution in [2.75, 3.05) is 11.4 Å². The summed E-state index contributed by atoms with van der Waals surface area (Å²) in [7, 11) is 0. The molecule has 1 amide bonds. The molecule has 1 fully saturated rings. The molecule has 1 aliphatic heterocycles. The minimum Gasteiger partial charge on any atom is -0.457 e. The number of nitrogens with zero attached hydrogens (tertiary/aromatic N) is 1. The van der Waals surface area contributed by atoms with Crippen molar-refractivity contribution >= 4 is 11.6 Å². The molecule has 1 unspecified atom stereocenters. The summed E-state index contributed by atoms with van der Waals surface area (Å²) in [6, 6.07) is 16.6. The van der Waals surface area contributed by atoms with Crippen LogP contribution in [0.2, 0.25) is 0 Å². The van der Waals surface area contributed by atoms with Gasteiger partial charge in [-0.15, -0.1) is 0 Å². The van der Waals surface area contributed by atoms with Gasteiger partial charge in [0.1, 0.15) is 17.5 Å². The highest BCUT2D eigenvalue weighted by molar-refractivity contribution is 6.03. The van der Waals surface area contributed by atoms with Crippen LogP contribution in [0.15, 0.2) is 54.6 Å². The van der Waals surface area contributed by atoms with E-state index < -0.39 is 0 Å². The van der Waals surface area contributed by atoms with Crippen LogP contribution in [0.4, 0.5) is 5.69 Å². The van der Waals surface area contributed by atoms with Crippen LogP contribution in [-0.4, -0.2) is 18.5 Å². The third-order valence-electron chi connectivity index (χ3n) is 3.09. The smallest absolute Gasteiger partial charge is 0.245 e. The number of para-hydroxylation sites is 1. The van der Waals surface area contributed by atoms with Crippen molar-refractivity contribution in [3.05, 3.63) is 54.6 Å². The maximum atomic E-state index is 11.5. The van der Waals surface area contributed by atoms with Gasteiger partial charge in [-0.25, -0.2) is 0 Å². The van der Waals surface area contributed by atoms with Gasteiger partial charge in [-0.3, -0.25) is 4.79 Å². The van der Waals surface area contributed by atoms with Crippen LogP contribution in [0.25, 0.3) is 0 Å². The van der Waals surface area contributed by atoms with E-state index in [1.807, 2.05) is 54.6 Å². The fourth-order valence-electron chi connectivity index (χ4n) is 2.00. The number of carbonyl (C=O) groups is 1. The molecule has 19 heavy (non-hydrogen) atoms. The Morgan fingerprint density at radius 3 is 2.21 bits per heavy atom. The molecule has 1 heterocycles. The lowest BCUT2D eigenvalue weighted by atomic mass is 10.1. The van der Waals surface area contributed by atoms with E-state index in [0.717, 1.165) is 17.2 Å². The molecule has 0 saturated carbocycles. The quantitative estimate of drug-likeness (QED) is 0.854. The Hall–Kier alpha value is -2.33. The summed E-state index contributed by atoms with van der Waals surface area (Å²) in [6.07, 6.45) is 0. The first-order valence-electron chi connectivity index (χ1n) is 6.14. The van der Waals surface area contributed by atoms with Gasteiger partial charge in [0.15, 0.2) is 0 Å². The number of hydrogen-bond donors (Lipinski definition) is 1. The van der Waals surface area contributed by atoms with Crippen LogP contribution >= 0.6 is 0 Å². The van der Waals surface area contributed by atoms with Gasteiger partial charge in [-0.2, -0.15) is 0 Å². The van der Waals surface area contributed by atoms with Crippen molar-refractivity contribution in [1.29, 1.82) is 0 Å². The molecule has 4 nitrogen and oxygen atoms in total. The van der Waals surface area contributed by atoms with E-state index in [-0.39, 0.29) is 11.9 Å². The van der Waals surface area contributed by atoms with Crippen LogP contribution in [0.5, 0.6) is 11.5 Å². The van der Waals surface area contributed by atoms with E-state index >= 15 is 0 Å². The lowest BCUT2D eigenvalue weighted by molar-refractivity contribution is -0.123. The third kappa shape index (κ3) is 2.30. The number of anilines is 1. The number of benzene rings is 2. The van der Waals surface area contributed by atoms with Crippen molar-refractivity contribution in [3.63, 3.8) is 0 Å². The Labute approximate surface area is 111 Å². The summed E-state index contributed by atoms with van der Waals surface area (Å²) < 4.78 is 5.68. The summed E-state index contributed by atoms with van der Waals surface area (Å²) in [4.78, 5) is 13.2. The summed E-state index contributed by atoms with van der Waals surface area (Å²) in [5.41, 5.74) is 6.42. The SMILES string of the molecule is NC1CN(c2ccc(Oc3ccccc3)cc2)C1=O. The maximum absolute atomic E-state index is 11.5. The van der Waals surface area contributed by atoms with Crippen molar-refractivity contribution in [1.82, 2.24) is 0 Å². The molecule has 2 aromatic rings. The van der Waals surface area contributed by atoms with Crippen molar-refractivity contribution in [2.45, 2.75) is 6.04 Å². The molecular weight excluding hydrogens is 240 g/mol. The molecule has 1 aliphatic rings. The van der Waals surface area contributed by atoms with Crippen LogP contribution < -0.4 is 15.4 Å². The Morgan fingerprint density at radius 2 is 1.63 bits per heavy atom. The zero-order chi connectivity index (χ0) is 13.2. The summed E-state index contributed by atoms with van der Waals surface area (Å²) >= 11 is 0. The second kappa shape index (κ2) is 4.74. The molecule has 4 heteroatoms. The highest BCUT2D eigenvalue weighted by atomic mass is 16.5. The van der Waals surface area contributed by atoms with Gasteiger partial charge < -0.3 is 15.4 Å². The van der Waals surface area contributed by atoms with E-state index in [4.69, 9.17) is 10.5 Å².